The van der Waals surface area contributed by atoms with Crippen LogP contribution in [0, 0.1) is 0 Å². The number of amides is 3. The Hall–Kier alpha value is -1.83. The van der Waals surface area contributed by atoms with Crippen LogP contribution >= 0.6 is 0 Å². The number of nitrogens with one attached hydrogen (secondary N) is 3. The predicted molar refractivity (Wildman–Crippen MR) is 65.6 cm³/mol. The Kier molecular flexibility index (Phi) is 5.11. The van der Waals surface area contributed by atoms with E-state index in [1.54, 1.807) is 13.8 Å². The Morgan fingerprint density at radius 1 is 1.37 bits per heavy atom. The first-order chi connectivity index (χ1) is 8.85. The quantitative estimate of drug-likeness (QED) is 0.515. The van der Waals surface area contributed by atoms with Gasteiger partial charge in [0.25, 0.3) is 0 Å². The summed E-state index contributed by atoms with van der Waals surface area (Å²) in [4.78, 5) is 34.0. The lowest BCUT2D eigenvalue weighted by Crippen LogP contribution is -2.58. The zero-order chi connectivity index (χ0) is 14.5. The van der Waals surface area contributed by atoms with Gasteiger partial charge in [0.05, 0.1) is 13.2 Å². The third kappa shape index (κ3) is 4.40. The molecule has 0 saturated carbocycles. The number of carboxylic acid groups (broad SMARTS) is 1. The van der Waals surface area contributed by atoms with Crippen LogP contribution in [0.1, 0.15) is 20.3 Å². The second-order valence-electron chi connectivity index (χ2n) is 4.72. The number of carbonyl (C=O) groups is 3. The van der Waals surface area contributed by atoms with Gasteiger partial charge >= 0.3 is 12.0 Å². The zero-order valence-corrected chi connectivity index (χ0v) is 11.0. The van der Waals surface area contributed by atoms with Crippen LogP contribution in [-0.2, 0) is 14.3 Å². The number of hydrogen-bond donors (Lipinski definition) is 4. The molecule has 108 valence electrons. The number of aliphatic carboxylic acids is 1. The lowest BCUT2D eigenvalue weighted by Gasteiger charge is -2.23. The highest BCUT2D eigenvalue weighted by molar-refractivity contribution is 5.89. The molecule has 0 aliphatic carbocycles. The van der Waals surface area contributed by atoms with Crippen LogP contribution in [0.2, 0.25) is 0 Å². The monoisotopic (exact) mass is 273 g/mol. The van der Waals surface area contributed by atoms with Gasteiger partial charge in [-0.15, -0.1) is 0 Å². The van der Waals surface area contributed by atoms with E-state index in [1.165, 1.54) is 0 Å². The Labute approximate surface area is 110 Å². The number of hydrogen-bond acceptors (Lipinski definition) is 4. The van der Waals surface area contributed by atoms with E-state index in [-0.39, 0.29) is 38.1 Å². The molecule has 0 radical (unpaired) electrons. The van der Waals surface area contributed by atoms with Gasteiger partial charge in [-0.1, -0.05) is 0 Å². The maximum absolute atomic E-state index is 11.6. The SMILES string of the molecule is CC(C)NC(=O)CNC(=O)NC1(C(=O)O)CCOC1. The van der Waals surface area contributed by atoms with Gasteiger partial charge in [0.15, 0.2) is 5.54 Å². The lowest BCUT2D eigenvalue weighted by atomic mass is 9.99. The average Bonchev–Trinajstić information content (AvgIpc) is 2.75. The number of urea groups is 1. The molecule has 0 aromatic rings. The van der Waals surface area contributed by atoms with E-state index in [4.69, 9.17) is 9.84 Å². The second-order valence-corrected chi connectivity index (χ2v) is 4.72. The number of rotatable bonds is 5. The van der Waals surface area contributed by atoms with E-state index in [9.17, 15) is 14.4 Å². The van der Waals surface area contributed by atoms with Crippen molar-refractivity contribution in [2.75, 3.05) is 19.8 Å². The molecule has 1 saturated heterocycles. The van der Waals surface area contributed by atoms with Crippen molar-refractivity contribution in [3.63, 3.8) is 0 Å². The molecule has 0 aromatic carbocycles. The summed E-state index contributed by atoms with van der Waals surface area (Å²) >= 11 is 0. The lowest BCUT2D eigenvalue weighted by molar-refractivity contribution is -0.144. The molecule has 8 heteroatoms. The highest BCUT2D eigenvalue weighted by Crippen LogP contribution is 2.18. The Bertz CT molecular complexity index is 363. The summed E-state index contributed by atoms with van der Waals surface area (Å²) in [5, 5.41) is 16.4. The van der Waals surface area contributed by atoms with Crippen LogP contribution in [0.5, 0.6) is 0 Å². The highest BCUT2D eigenvalue weighted by atomic mass is 16.5. The second kappa shape index (κ2) is 6.37. The molecule has 0 spiro atoms. The molecule has 19 heavy (non-hydrogen) atoms. The van der Waals surface area contributed by atoms with Gasteiger partial charge in [-0.3, -0.25) is 4.79 Å². The Morgan fingerprint density at radius 3 is 2.53 bits per heavy atom. The van der Waals surface area contributed by atoms with E-state index in [0.29, 0.717) is 0 Å². The van der Waals surface area contributed by atoms with Gasteiger partial charge in [0, 0.05) is 19.1 Å². The molecule has 8 nitrogen and oxygen atoms in total. The minimum atomic E-state index is -1.40. The largest absolute Gasteiger partial charge is 0.479 e. The van der Waals surface area contributed by atoms with Gasteiger partial charge in [0.2, 0.25) is 5.91 Å². The van der Waals surface area contributed by atoms with E-state index in [2.05, 4.69) is 16.0 Å². The van der Waals surface area contributed by atoms with Crippen molar-refractivity contribution in [2.24, 2.45) is 0 Å². The van der Waals surface area contributed by atoms with Crippen LogP contribution in [0.3, 0.4) is 0 Å². The first-order valence-electron chi connectivity index (χ1n) is 6.02. The van der Waals surface area contributed by atoms with Crippen LogP contribution in [-0.4, -0.2) is 54.4 Å². The summed E-state index contributed by atoms with van der Waals surface area (Å²) in [7, 11) is 0. The van der Waals surface area contributed by atoms with Gasteiger partial charge in [-0.05, 0) is 13.8 Å². The highest BCUT2D eigenvalue weighted by Gasteiger charge is 2.44. The summed E-state index contributed by atoms with van der Waals surface area (Å²) in [6.45, 7) is 3.59. The molecule has 1 aliphatic rings. The smallest absolute Gasteiger partial charge is 0.332 e. The third-order valence-corrected chi connectivity index (χ3v) is 2.64. The number of ether oxygens (including phenoxy) is 1. The summed E-state index contributed by atoms with van der Waals surface area (Å²) in [5.41, 5.74) is -1.40. The van der Waals surface area contributed by atoms with Crippen LogP contribution in [0.15, 0.2) is 0 Å². The van der Waals surface area contributed by atoms with Crippen molar-refractivity contribution in [1.82, 2.24) is 16.0 Å². The standard InChI is InChI=1S/C11H19N3O5/c1-7(2)13-8(15)5-12-10(18)14-11(9(16)17)3-4-19-6-11/h7H,3-6H2,1-2H3,(H,13,15)(H,16,17)(H2,12,14,18). The minimum Gasteiger partial charge on any atom is -0.479 e. The van der Waals surface area contributed by atoms with Crippen LogP contribution in [0.4, 0.5) is 4.79 Å². The summed E-state index contributed by atoms with van der Waals surface area (Å²) in [5.74, 6) is -1.48. The van der Waals surface area contributed by atoms with Gasteiger partial charge in [-0.2, -0.15) is 0 Å². The van der Waals surface area contributed by atoms with Crippen molar-refractivity contribution in [1.29, 1.82) is 0 Å². The zero-order valence-electron chi connectivity index (χ0n) is 11.0. The molecule has 0 bridgehead atoms. The average molecular weight is 273 g/mol. The number of carboxylic acids is 1. The predicted octanol–water partition coefficient (Wildman–Crippen LogP) is -0.946. The van der Waals surface area contributed by atoms with Crippen LogP contribution < -0.4 is 16.0 Å². The van der Waals surface area contributed by atoms with Gasteiger partial charge in [0.1, 0.15) is 0 Å². The first kappa shape index (κ1) is 15.2. The summed E-state index contributed by atoms with van der Waals surface area (Å²) in [6.07, 6.45) is 0.202. The Balaban J connectivity index is 2.42. The topological polar surface area (TPSA) is 117 Å². The Morgan fingerprint density at radius 2 is 2.05 bits per heavy atom. The molecule has 1 fully saturated rings. The molecule has 1 aliphatic heterocycles. The van der Waals surface area contributed by atoms with Crippen molar-refractivity contribution in [2.45, 2.75) is 31.8 Å². The van der Waals surface area contributed by atoms with E-state index < -0.39 is 17.5 Å². The van der Waals surface area contributed by atoms with Gasteiger partial charge < -0.3 is 25.8 Å². The number of carbonyl (C=O) groups excluding carboxylic acids is 2. The molecule has 4 N–H and O–H groups in total. The van der Waals surface area contributed by atoms with E-state index in [0.717, 1.165) is 0 Å². The summed E-state index contributed by atoms with van der Waals surface area (Å²) < 4.78 is 5.00. The first-order valence-corrected chi connectivity index (χ1v) is 6.02. The van der Waals surface area contributed by atoms with Crippen molar-refractivity contribution >= 4 is 17.9 Å². The normalized spacial score (nSPS) is 22.1. The minimum absolute atomic E-state index is 0.0223. The molecule has 1 unspecified atom stereocenters. The van der Waals surface area contributed by atoms with Gasteiger partial charge in [-0.25, -0.2) is 9.59 Å². The molecule has 3 amide bonds. The van der Waals surface area contributed by atoms with Crippen LogP contribution in [0.25, 0.3) is 0 Å². The maximum atomic E-state index is 11.6. The van der Waals surface area contributed by atoms with Crippen molar-refractivity contribution < 1.29 is 24.2 Å². The molecular formula is C11H19N3O5. The summed E-state index contributed by atoms with van der Waals surface area (Å²) in [6, 6.07) is -0.724. The maximum Gasteiger partial charge on any atom is 0.332 e. The molecular weight excluding hydrogens is 254 g/mol. The van der Waals surface area contributed by atoms with Crippen molar-refractivity contribution in [3.8, 4) is 0 Å². The fourth-order valence-corrected chi connectivity index (χ4v) is 1.68. The molecule has 1 atom stereocenters. The van der Waals surface area contributed by atoms with E-state index in [1.807, 2.05) is 0 Å². The molecule has 1 rings (SSSR count). The van der Waals surface area contributed by atoms with Crippen molar-refractivity contribution in [3.05, 3.63) is 0 Å². The fraction of sp³-hybridized carbons (Fsp3) is 0.727. The molecule has 0 aromatic heterocycles. The third-order valence-electron chi connectivity index (χ3n) is 2.64. The fourth-order valence-electron chi connectivity index (χ4n) is 1.68. The molecule has 1 heterocycles. The van der Waals surface area contributed by atoms with E-state index >= 15 is 0 Å².